The van der Waals surface area contributed by atoms with Crippen molar-refractivity contribution in [3.63, 3.8) is 0 Å². The lowest BCUT2D eigenvalue weighted by Gasteiger charge is -2.14. The molecule has 0 radical (unpaired) electrons. The summed E-state index contributed by atoms with van der Waals surface area (Å²) in [7, 11) is -1.90. The van der Waals surface area contributed by atoms with Gasteiger partial charge in [-0.25, -0.2) is 8.42 Å². The fourth-order valence-corrected chi connectivity index (χ4v) is 2.12. The average Bonchev–Trinajstić information content (AvgIpc) is 2.49. The molecular formula is C8H13ClN2O3S. The minimum absolute atomic E-state index is 0.232. The van der Waals surface area contributed by atoms with E-state index < -0.39 is 15.2 Å². The summed E-state index contributed by atoms with van der Waals surface area (Å²) in [5.41, 5.74) is 1.48. The van der Waals surface area contributed by atoms with Gasteiger partial charge in [0.15, 0.2) is 0 Å². The zero-order chi connectivity index (χ0) is 11.6. The van der Waals surface area contributed by atoms with E-state index in [0.29, 0.717) is 11.5 Å². The third kappa shape index (κ3) is 2.70. The number of rotatable bonds is 4. The summed E-state index contributed by atoms with van der Waals surface area (Å²) in [4.78, 5) is 0. The molecule has 0 saturated carbocycles. The Morgan fingerprint density at radius 1 is 1.47 bits per heavy atom. The summed E-state index contributed by atoms with van der Waals surface area (Å²) in [6, 6.07) is 0. The van der Waals surface area contributed by atoms with E-state index in [0.717, 1.165) is 5.56 Å². The van der Waals surface area contributed by atoms with Crippen LogP contribution in [0, 0.1) is 13.8 Å². The molecule has 0 aliphatic carbocycles. The maximum absolute atomic E-state index is 11.4. The third-order valence-electron chi connectivity index (χ3n) is 2.17. The van der Waals surface area contributed by atoms with Crippen LogP contribution in [-0.4, -0.2) is 30.1 Å². The number of alkyl halides is 1. The summed E-state index contributed by atoms with van der Waals surface area (Å²) < 4.78 is 28.9. The summed E-state index contributed by atoms with van der Waals surface area (Å²) in [5.74, 6) is 0.629. The van der Waals surface area contributed by atoms with Crippen molar-refractivity contribution in [3.8, 4) is 0 Å². The van der Waals surface area contributed by atoms with Crippen molar-refractivity contribution >= 4 is 21.6 Å². The van der Waals surface area contributed by atoms with Crippen LogP contribution in [0.15, 0.2) is 4.52 Å². The maximum Gasteiger partial charge on any atom is 0.228 e. The molecule has 0 N–H and O–H groups in total. The molecule has 1 aromatic heterocycles. The van der Waals surface area contributed by atoms with E-state index in [1.165, 1.54) is 11.4 Å². The highest BCUT2D eigenvalue weighted by atomic mass is 35.5. The molecule has 0 saturated heterocycles. The largest absolute Gasteiger partial charge is 0.361 e. The lowest BCUT2D eigenvalue weighted by Crippen LogP contribution is -2.27. The molecule has 0 bridgehead atoms. The molecule has 0 amide bonds. The van der Waals surface area contributed by atoms with Crippen molar-refractivity contribution in [2.24, 2.45) is 0 Å². The highest BCUT2D eigenvalue weighted by Gasteiger charge is 2.20. The molecular weight excluding hydrogens is 240 g/mol. The minimum atomic E-state index is -3.38. The molecule has 1 rings (SSSR count). The van der Waals surface area contributed by atoms with Crippen LogP contribution < -0.4 is 0 Å². The normalized spacial score (nSPS) is 12.3. The fraction of sp³-hybridized carbons (Fsp3) is 0.625. The Morgan fingerprint density at radius 2 is 2.07 bits per heavy atom. The van der Waals surface area contributed by atoms with Crippen molar-refractivity contribution in [1.82, 2.24) is 9.46 Å². The summed E-state index contributed by atoms with van der Waals surface area (Å²) in [6.45, 7) is 3.75. The van der Waals surface area contributed by atoms with E-state index in [1.54, 1.807) is 13.8 Å². The van der Waals surface area contributed by atoms with Gasteiger partial charge in [-0.05, 0) is 13.8 Å². The second kappa shape index (κ2) is 4.51. The topological polar surface area (TPSA) is 63.4 Å². The highest BCUT2D eigenvalue weighted by molar-refractivity contribution is 7.90. The van der Waals surface area contributed by atoms with Crippen LogP contribution in [0.5, 0.6) is 0 Å². The molecule has 0 aliphatic rings. The molecule has 0 atom stereocenters. The van der Waals surface area contributed by atoms with Gasteiger partial charge >= 0.3 is 0 Å². The predicted octanol–water partition coefficient (Wildman–Crippen LogP) is 1.25. The molecule has 1 aromatic rings. The first-order valence-corrected chi connectivity index (χ1v) is 6.44. The third-order valence-corrected chi connectivity index (χ3v) is 4.36. The lowest BCUT2D eigenvalue weighted by atomic mass is 10.2. The van der Waals surface area contributed by atoms with E-state index in [4.69, 9.17) is 16.1 Å². The average molecular weight is 253 g/mol. The summed E-state index contributed by atoms with van der Waals surface area (Å²) >= 11 is 5.34. The fourth-order valence-electron chi connectivity index (χ4n) is 1.13. The molecule has 0 spiro atoms. The zero-order valence-electron chi connectivity index (χ0n) is 8.82. The van der Waals surface area contributed by atoms with Crippen LogP contribution >= 0.6 is 11.6 Å². The second-order valence-corrected chi connectivity index (χ2v) is 5.94. The number of hydrogen-bond acceptors (Lipinski definition) is 4. The van der Waals surface area contributed by atoms with Crippen LogP contribution in [0.1, 0.15) is 17.0 Å². The summed E-state index contributed by atoms with van der Waals surface area (Å²) in [6.07, 6.45) is 0. The highest BCUT2D eigenvalue weighted by Crippen LogP contribution is 2.16. The van der Waals surface area contributed by atoms with Crippen LogP contribution in [0.2, 0.25) is 0 Å². The van der Waals surface area contributed by atoms with Gasteiger partial charge in [0.1, 0.15) is 11.0 Å². The molecule has 0 aliphatic heterocycles. The number of aromatic nitrogens is 1. The Kier molecular flexibility index (Phi) is 3.75. The Balaban J connectivity index is 2.88. The predicted molar refractivity (Wildman–Crippen MR) is 57.1 cm³/mol. The van der Waals surface area contributed by atoms with Gasteiger partial charge < -0.3 is 4.52 Å². The molecule has 5 nitrogen and oxygen atoms in total. The minimum Gasteiger partial charge on any atom is -0.361 e. The molecule has 86 valence electrons. The van der Waals surface area contributed by atoms with Crippen LogP contribution in [0.3, 0.4) is 0 Å². The second-order valence-electron chi connectivity index (χ2n) is 3.28. The van der Waals surface area contributed by atoms with Crippen LogP contribution in [0.4, 0.5) is 0 Å². The molecule has 0 fully saturated rings. The smallest absolute Gasteiger partial charge is 0.228 e. The summed E-state index contributed by atoms with van der Waals surface area (Å²) in [5, 5.41) is 3.32. The van der Waals surface area contributed by atoms with E-state index in [-0.39, 0.29) is 6.54 Å². The van der Waals surface area contributed by atoms with Crippen molar-refractivity contribution in [2.75, 3.05) is 12.3 Å². The maximum atomic E-state index is 11.4. The van der Waals surface area contributed by atoms with Crippen LogP contribution in [0.25, 0.3) is 0 Å². The van der Waals surface area contributed by atoms with E-state index in [2.05, 4.69) is 5.16 Å². The number of nitrogens with zero attached hydrogens (tertiary/aromatic N) is 2. The Labute approximate surface area is 94.0 Å². The molecule has 7 heteroatoms. The Hall–Kier alpha value is -0.590. The quantitative estimate of drug-likeness (QED) is 0.757. The van der Waals surface area contributed by atoms with Gasteiger partial charge in [-0.3, -0.25) is 0 Å². The van der Waals surface area contributed by atoms with Crippen molar-refractivity contribution in [2.45, 2.75) is 20.4 Å². The first-order valence-electron chi connectivity index (χ1n) is 4.30. The van der Waals surface area contributed by atoms with Crippen molar-refractivity contribution < 1.29 is 12.9 Å². The van der Waals surface area contributed by atoms with Gasteiger partial charge in [-0.15, -0.1) is 11.6 Å². The van der Waals surface area contributed by atoms with E-state index in [1.807, 2.05) is 0 Å². The molecule has 15 heavy (non-hydrogen) atoms. The van der Waals surface area contributed by atoms with Crippen LogP contribution in [-0.2, 0) is 16.6 Å². The number of aryl methyl sites for hydroxylation is 2. The monoisotopic (exact) mass is 252 g/mol. The Morgan fingerprint density at radius 3 is 2.47 bits per heavy atom. The standard InChI is InChI=1S/C8H13ClN2O3S/c1-6-8(7(2)14-10-6)4-11(3)15(12,13)5-9/h4-5H2,1-3H3. The van der Waals surface area contributed by atoms with Gasteiger partial charge in [0.05, 0.1) is 5.69 Å². The number of halogens is 1. The van der Waals surface area contributed by atoms with Gasteiger partial charge in [0, 0.05) is 19.2 Å². The first-order chi connectivity index (χ1) is 6.88. The number of hydrogen-bond donors (Lipinski definition) is 0. The number of sulfonamides is 1. The van der Waals surface area contributed by atoms with Gasteiger partial charge in [-0.1, -0.05) is 5.16 Å². The molecule has 0 unspecified atom stereocenters. The molecule has 1 heterocycles. The molecule has 0 aromatic carbocycles. The zero-order valence-corrected chi connectivity index (χ0v) is 10.4. The Bertz CT molecular complexity index is 421. The SMILES string of the molecule is Cc1noc(C)c1CN(C)S(=O)(=O)CCl. The van der Waals surface area contributed by atoms with E-state index >= 15 is 0 Å². The van der Waals surface area contributed by atoms with Crippen molar-refractivity contribution in [1.29, 1.82) is 0 Å². The first kappa shape index (κ1) is 12.5. The van der Waals surface area contributed by atoms with Gasteiger partial charge in [0.2, 0.25) is 10.0 Å². The van der Waals surface area contributed by atoms with Gasteiger partial charge in [-0.2, -0.15) is 4.31 Å². The lowest BCUT2D eigenvalue weighted by molar-refractivity contribution is 0.390. The van der Waals surface area contributed by atoms with Gasteiger partial charge in [0.25, 0.3) is 0 Å². The van der Waals surface area contributed by atoms with E-state index in [9.17, 15) is 8.42 Å². The van der Waals surface area contributed by atoms with Crippen molar-refractivity contribution in [3.05, 3.63) is 17.0 Å².